The summed E-state index contributed by atoms with van der Waals surface area (Å²) in [5, 5.41) is 2.93. The van der Waals surface area contributed by atoms with Crippen molar-refractivity contribution in [1.29, 1.82) is 0 Å². The van der Waals surface area contributed by atoms with E-state index >= 15 is 0 Å². The molecule has 5 heteroatoms. The number of hydrogen-bond donors (Lipinski definition) is 1. The predicted octanol–water partition coefficient (Wildman–Crippen LogP) is 3.82. The topological polar surface area (TPSA) is 41.6 Å². The number of carbonyl (C=O) groups is 1. The van der Waals surface area contributed by atoms with Gasteiger partial charge in [0, 0.05) is 25.2 Å². The number of carbonyl (C=O) groups excluding carboxylic acids is 1. The molecule has 0 bridgehead atoms. The molecule has 1 saturated heterocycles. The van der Waals surface area contributed by atoms with Crippen LogP contribution in [-0.4, -0.2) is 30.0 Å². The van der Waals surface area contributed by atoms with Crippen molar-refractivity contribution in [3.8, 4) is 5.75 Å². The highest BCUT2D eigenvalue weighted by Gasteiger charge is 2.31. The van der Waals surface area contributed by atoms with E-state index in [4.69, 9.17) is 4.74 Å². The third-order valence-electron chi connectivity index (χ3n) is 5.44. The van der Waals surface area contributed by atoms with Crippen molar-refractivity contribution in [2.75, 3.05) is 13.1 Å². The Morgan fingerprint density at radius 3 is 2.59 bits per heavy atom. The number of para-hydroxylation sites is 1. The van der Waals surface area contributed by atoms with Gasteiger partial charge in [-0.05, 0) is 49.4 Å². The molecule has 1 aliphatic carbocycles. The van der Waals surface area contributed by atoms with Crippen LogP contribution < -0.4 is 10.1 Å². The summed E-state index contributed by atoms with van der Waals surface area (Å²) < 4.78 is 19.6. The zero-order chi connectivity index (χ0) is 18.6. The molecule has 4 rings (SSSR count). The maximum Gasteiger partial charge on any atom is 0.242 e. The first-order chi connectivity index (χ1) is 13.2. The summed E-state index contributed by atoms with van der Waals surface area (Å²) in [7, 11) is 0. The Morgan fingerprint density at radius 2 is 1.81 bits per heavy atom. The molecule has 2 aromatic carbocycles. The van der Waals surface area contributed by atoms with Crippen molar-refractivity contribution in [3.63, 3.8) is 0 Å². The van der Waals surface area contributed by atoms with Gasteiger partial charge in [0.15, 0.2) is 0 Å². The van der Waals surface area contributed by atoms with Crippen LogP contribution in [0.3, 0.4) is 0 Å². The van der Waals surface area contributed by atoms with Gasteiger partial charge in [-0.25, -0.2) is 4.39 Å². The first-order valence-corrected chi connectivity index (χ1v) is 9.72. The van der Waals surface area contributed by atoms with E-state index in [0.717, 1.165) is 36.3 Å². The Bertz CT molecular complexity index is 787. The molecule has 1 heterocycles. The molecule has 1 atom stereocenters. The van der Waals surface area contributed by atoms with E-state index in [9.17, 15) is 9.18 Å². The number of halogens is 1. The monoisotopic (exact) mass is 368 g/mol. The van der Waals surface area contributed by atoms with Crippen molar-refractivity contribution < 1.29 is 13.9 Å². The normalized spacial score (nSPS) is 21.2. The van der Waals surface area contributed by atoms with Gasteiger partial charge in [0.1, 0.15) is 17.6 Å². The van der Waals surface area contributed by atoms with Gasteiger partial charge in [-0.3, -0.25) is 9.69 Å². The van der Waals surface area contributed by atoms with E-state index in [-0.39, 0.29) is 11.7 Å². The van der Waals surface area contributed by atoms with E-state index < -0.39 is 6.04 Å². The third-order valence-corrected chi connectivity index (χ3v) is 5.44. The Morgan fingerprint density at radius 1 is 1.07 bits per heavy atom. The van der Waals surface area contributed by atoms with Crippen molar-refractivity contribution in [2.24, 2.45) is 0 Å². The minimum atomic E-state index is -0.418. The number of piperazine rings is 1. The summed E-state index contributed by atoms with van der Waals surface area (Å²) in [6.45, 7) is 1.98. The van der Waals surface area contributed by atoms with Crippen LogP contribution in [-0.2, 0) is 11.3 Å². The summed E-state index contributed by atoms with van der Waals surface area (Å²) in [6.07, 6.45) is 4.97. The number of hydrogen-bond acceptors (Lipinski definition) is 3. The van der Waals surface area contributed by atoms with Crippen LogP contribution >= 0.6 is 0 Å². The Balaban J connectivity index is 1.56. The van der Waals surface area contributed by atoms with E-state index in [1.54, 1.807) is 12.1 Å². The third kappa shape index (κ3) is 4.14. The maximum atomic E-state index is 13.3. The largest absolute Gasteiger partial charge is 0.490 e. The highest BCUT2D eigenvalue weighted by molar-refractivity contribution is 5.83. The summed E-state index contributed by atoms with van der Waals surface area (Å²) in [4.78, 5) is 14.7. The summed E-state index contributed by atoms with van der Waals surface area (Å²) in [5.41, 5.74) is 1.90. The highest BCUT2D eigenvalue weighted by atomic mass is 19.1. The molecule has 2 aliphatic rings. The Hall–Kier alpha value is -2.40. The molecule has 1 unspecified atom stereocenters. The molecular weight excluding hydrogens is 343 g/mol. The number of nitrogens with one attached hydrogen (secondary N) is 1. The van der Waals surface area contributed by atoms with E-state index in [2.05, 4.69) is 16.3 Å². The molecule has 0 radical (unpaired) electrons. The second-order valence-corrected chi connectivity index (χ2v) is 7.35. The van der Waals surface area contributed by atoms with Crippen molar-refractivity contribution >= 4 is 5.91 Å². The number of amides is 1. The molecular formula is C22H25FN2O2. The lowest BCUT2D eigenvalue weighted by atomic mass is 10.0. The molecule has 27 heavy (non-hydrogen) atoms. The molecule has 142 valence electrons. The minimum Gasteiger partial charge on any atom is -0.490 e. The fourth-order valence-corrected chi connectivity index (χ4v) is 4.05. The van der Waals surface area contributed by atoms with E-state index in [0.29, 0.717) is 19.2 Å². The summed E-state index contributed by atoms with van der Waals surface area (Å²) in [6, 6.07) is 13.9. The fourth-order valence-electron chi connectivity index (χ4n) is 4.05. The van der Waals surface area contributed by atoms with Crippen molar-refractivity contribution in [1.82, 2.24) is 10.2 Å². The SMILES string of the molecule is O=C1NCCN(Cc2ccccc2OC2CCCC2)C1c1ccc(F)cc1. The molecule has 1 aliphatic heterocycles. The van der Waals surface area contributed by atoms with E-state index in [1.165, 1.54) is 25.0 Å². The molecule has 2 fully saturated rings. The van der Waals surface area contributed by atoms with Crippen LogP contribution in [0.1, 0.15) is 42.9 Å². The molecule has 1 amide bonds. The van der Waals surface area contributed by atoms with Gasteiger partial charge in [-0.2, -0.15) is 0 Å². The lowest BCUT2D eigenvalue weighted by molar-refractivity contribution is -0.129. The maximum absolute atomic E-state index is 13.3. The van der Waals surface area contributed by atoms with Gasteiger partial charge in [0.25, 0.3) is 0 Å². The number of nitrogens with zero attached hydrogens (tertiary/aromatic N) is 1. The average molecular weight is 368 g/mol. The molecule has 1 N–H and O–H groups in total. The number of rotatable bonds is 5. The van der Waals surface area contributed by atoms with Crippen LogP contribution in [0.25, 0.3) is 0 Å². The zero-order valence-electron chi connectivity index (χ0n) is 15.4. The second-order valence-electron chi connectivity index (χ2n) is 7.35. The number of benzene rings is 2. The average Bonchev–Trinajstić information content (AvgIpc) is 3.18. The van der Waals surface area contributed by atoms with Gasteiger partial charge in [-0.15, -0.1) is 0 Å². The van der Waals surface area contributed by atoms with E-state index in [1.807, 2.05) is 18.2 Å². The Kier molecular flexibility index (Phi) is 5.39. The predicted molar refractivity (Wildman–Crippen MR) is 102 cm³/mol. The van der Waals surface area contributed by atoms with Crippen LogP contribution in [0, 0.1) is 5.82 Å². The van der Waals surface area contributed by atoms with Gasteiger partial charge in [-0.1, -0.05) is 30.3 Å². The standard InChI is InChI=1S/C22H25FN2O2/c23-18-11-9-16(10-12-18)21-22(26)24-13-14-25(21)15-17-5-1-4-8-20(17)27-19-6-2-3-7-19/h1,4-5,8-12,19,21H,2-3,6-7,13-15H2,(H,24,26). The minimum absolute atomic E-state index is 0.0398. The lowest BCUT2D eigenvalue weighted by Crippen LogP contribution is -2.49. The summed E-state index contributed by atoms with van der Waals surface area (Å²) in [5.74, 6) is 0.576. The van der Waals surface area contributed by atoms with Crippen LogP contribution in [0.5, 0.6) is 5.75 Å². The summed E-state index contributed by atoms with van der Waals surface area (Å²) >= 11 is 0. The molecule has 2 aromatic rings. The molecule has 0 spiro atoms. The Labute approximate surface area is 159 Å². The first kappa shape index (κ1) is 18.0. The van der Waals surface area contributed by atoms with Crippen LogP contribution in [0.15, 0.2) is 48.5 Å². The van der Waals surface area contributed by atoms with Crippen molar-refractivity contribution in [2.45, 2.75) is 44.4 Å². The van der Waals surface area contributed by atoms with Crippen LogP contribution in [0.4, 0.5) is 4.39 Å². The fraction of sp³-hybridized carbons (Fsp3) is 0.409. The van der Waals surface area contributed by atoms with Gasteiger partial charge in [0.05, 0.1) is 6.10 Å². The quantitative estimate of drug-likeness (QED) is 0.872. The molecule has 0 aromatic heterocycles. The van der Waals surface area contributed by atoms with Gasteiger partial charge in [0.2, 0.25) is 5.91 Å². The lowest BCUT2D eigenvalue weighted by Gasteiger charge is -2.35. The van der Waals surface area contributed by atoms with Crippen LogP contribution in [0.2, 0.25) is 0 Å². The van der Waals surface area contributed by atoms with Gasteiger partial charge >= 0.3 is 0 Å². The smallest absolute Gasteiger partial charge is 0.242 e. The number of ether oxygens (including phenoxy) is 1. The second kappa shape index (κ2) is 8.09. The zero-order valence-corrected chi connectivity index (χ0v) is 15.4. The first-order valence-electron chi connectivity index (χ1n) is 9.72. The van der Waals surface area contributed by atoms with Gasteiger partial charge < -0.3 is 10.1 Å². The molecule has 4 nitrogen and oxygen atoms in total. The van der Waals surface area contributed by atoms with Crippen molar-refractivity contribution in [3.05, 3.63) is 65.5 Å². The molecule has 1 saturated carbocycles. The highest BCUT2D eigenvalue weighted by Crippen LogP contribution is 2.30.